The van der Waals surface area contributed by atoms with Crippen molar-refractivity contribution >= 4 is 8.51 Å². The topological polar surface area (TPSA) is 30.7 Å². The van der Waals surface area contributed by atoms with Gasteiger partial charge in [-0.1, -0.05) is 13.8 Å². The van der Waals surface area contributed by atoms with Gasteiger partial charge in [-0.3, -0.25) is 0 Å². The van der Waals surface area contributed by atoms with Crippen molar-refractivity contribution in [2.24, 2.45) is 7.05 Å². The average Bonchev–Trinajstić information content (AvgIpc) is 2.13. The molecule has 3 nitrogen and oxygen atoms in total. The second kappa shape index (κ2) is 2.44. The molecule has 0 saturated heterocycles. The Morgan fingerprint density at radius 3 is 2.44 bits per heavy atom. The van der Waals surface area contributed by atoms with Gasteiger partial charge in [-0.25, -0.2) is 4.68 Å². The van der Waals surface area contributed by atoms with Crippen LogP contribution in [0.5, 0.6) is 0 Å². The maximum atomic E-state index is 4.16. The van der Waals surface area contributed by atoms with Crippen LogP contribution in [0.1, 0.15) is 25.6 Å². The fourth-order valence-electron chi connectivity index (χ4n) is 0.726. The number of aromatic nitrogens is 3. The van der Waals surface area contributed by atoms with Crippen molar-refractivity contribution in [1.82, 2.24) is 14.3 Å². The highest BCUT2D eigenvalue weighted by Crippen LogP contribution is 2.11. The third kappa shape index (κ3) is 1.28. The minimum atomic E-state index is 0.494. The summed E-state index contributed by atoms with van der Waals surface area (Å²) < 4.78 is 6.00. The zero-order chi connectivity index (χ0) is 6.85. The molecule has 0 unspecified atom stereocenters. The van der Waals surface area contributed by atoms with E-state index >= 15 is 0 Å². The van der Waals surface area contributed by atoms with Crippen LogP contribution in [0, 0.1) is 0 Å². The van der Waals surface area contributed by atoms with Gasteiger partial charge in [0.2, 0.25) is 0 Å². The van der Waals surface area contributed by atoms with Gasteiger partial charge in [-0.2, -0.15) is 4.75 Å². The molecule has 1 rings (SSSR count). The van der Waals surface area contributed by atoms with E-state index in [1.165, 1.54) is 0 Å². The molecule has 0 aliphatic heterocycles. The highest BCUT2D eigenvalue weighted by molar-refractivity contribution is 7.20. The summed E-state index contributed by atoms with van der Waals surface area (Å²) in [5.74, 6) is 1.57. The van der Waals surface area contributed by atoms with Crippen LogP contribution in [0.15, 0.2) is 0 Å². The van der Waals surface area contributed by atoms with Crippen LogP contribution in [-0.4, -0.2) is 14.3 Å². The van der Waals surface area contributed by atoms with E-state index in [0.717, 1.165) is 14.3 Å². The fourth-order valence-corrected chi connectivity index (χ4v) is 1.43. The number of hydrogen-bond donors (Lipinski definition) is 0. The molecular weight excluding hydrogens is 133 g/mol. The van der Waals surface area contributed by atoms with Crippen LogP contribution >= 0.6 is 8.51 Å². The quantitative estimate of drug-likeness (QED) is 0.596. The van der Waals surface area contributed by atoms with E-state index in [2.05, 4.69) is 23.5 Å². The molecule has 0 spiro atoms. The van der Waals surface area contributed by atoms with Crippen LogP contribution in [-0.2, 0) is 7.05 Å². The predicted molar refractivity (Wildman–Crippen MR) is 37.6 cm³/mol. The van der Waals surface area contributed by atoms with Crippen molar-refractivity contribution in [2.75, 3.05) is 0 Å². The van der Waals surface area contributed by atoms with Gasteiger partial charge in [0.1, 0.15) is 5.82 Å². The molecule has 4 heteroatoms. The third-order valence-electron chi connectivity index (χ3n) is 1.17. The predicted octanol–water partition coefficient (Wildman–Crippen LogP) is 1.52. The Kier molecular flexibility index (Phi) is 1.81. The minimum absolute atomic E-state index is 0.494. The first-order chi connectivity index (χ1) is 4.22. The Hall–Kier alpha value is -0.430. The van der Waals surface area contributed by atoms with Gasteiger partial charge in [0.15, 0.2) is 8.51 Å². The zero-order valence-electron chi connectivity index (χ0n) is 5.87. The first-order valence-electron chi connectivity index (χ1n) is 2.94. The molecule has 9 heavy (non-hydrogen) atoms. The van der Waals surface area contributed by atoms with Crippen molar-refractivity contribution in [3.05, 3.63) is 5.82 Å². The summed E-state index contributed by atoms with van der Waals surface area (Å²) in [5, 5.41) is 0. The average molecular weight is 143 g/mol. The Labute approximate surface area is 56.3 Å². The van der Waals surface area contributed by atoms with Crippen LogP contribution in [0.4, 0.5) is 0 Å². The summed E-state index contributed by atoms with van der Waals surface area (Å²) in [6, 6.07) is 0. The van der Waals surface area contributed by atoms with Gasteiger partial charge in [0.05, 0.1) is 0 Å². The highest BCUT2D eigenvalue weighted by atomic mass is 31.1. The van der Waals surface area contributed by atoms with Crippen molar-refractivity contribution in [2.45, 2.75) is 19.8 Å². The van der Waals surface area contributed by atoms with Gasteiger partial charge in [0, 0.05) is 13.0 Å². The van der Waals surface area contributed by atoms with E-state index in [-0.39, 0.29) is 0 Å². The summed E-state index contributed by atoms with van der Waals surface area (Å²) in [5.41, 5.74) is 0. The lowest BCUT2D eigenvalue weighted by Crippen LogP contribution is -2.00. The third-order valence-corrected chi connectivity index (χ3v) is 1.81. The molecule has 50 valence electrons. The second-order valence-electron chi connectivity index (χ2n) is 2.32. The highest BCUT2D eigenvalue weighted by Gasteiger charge is 2.03. The Bertz CT molecular complexity index is 194. The molecule has 1 aromatic rings. The summed E-state index contributed by atoms with van der Waals surface area (Å²) in [4.78, 5) is 4.04. The summed E-state index contributed by atoms with van der Waals surface area (Å²) >= 11 is 0. The lowest BCUT2D eigenvalue weighted by Gasteiger charge is -2.00. The molecule has 0 saturated carbocycles. The number of rotatable bonds is 1. The lowest BCUT2D eigenvalue weighted by molar-refractivity contribution is 0.658. The molecule has 0 fully saturated rings. The van der Waals surface area contributed by atoms with Crippen molar-refractivity contribution in [3.63, 3.8) is 0 Å². The summed E-state index contributed by atoms with van der Waals surface area (Å²) in [7, 11) is 2.76. The molecule has 0 bridgehead atoms. The molecule has 0 radical (unpaired) electrons. The number of hydrogen-bond acceptors (Lipinski definition) is 2. The van der Waals surface area contributed by atoms with Crippen LogP contribution in [0.3, 0.4) is 0 Å². The van der Waals surface area contributed by atoms with Gasteiger partial charge < -0.3 is 0 Å². The largest absolute Gasteiger partial charge is 0.249 e. The monoisotopic (exact) mass is 143 g/mol. The molecule has 1 aromatic heterocycles. The Morgan fingerprint density at radius 2 is 2.22 bits per heavy atom. The van der Waals surface area contributed by atoms with Gasteiger partial charge in [-0.15, -0.1) is 4.86 Å². The molecule has 1 heterocycles. The number of nitrogens with zero attached hydrogens (tertiary/aromatic N) is 3. The van der Waals surface area contributed by atoms with Crippen LogP contribution < -0.4 is 0 Å². The SMILES string of the molecule is CC(C)c1npnn1C. The molecule has 0 aromatic carbocycles. The van der Waals surface area contributed by atoms with E-state index < -0.39 is 0 Å². The summed E-state index contributed by atoms with van der Waals surface area (Å²) in [6.07, 6.45) is 0. The van der Waals surface area contributed by atoms with E-state index in [4.69, 9.17) is 0 Å². The van der Waals surface area contributed by atoms with Crippen LogP contribution in [0.2, 0.25) is 0 Å². The Morgan fingerprint density at radius 1 is 1.56 bits per heavy atom. The molecule has 0 amide bonds. The number of aryl methyl sites for hydroxylation is 1. The van der Waals surface area contributed by atoms with E-state index in [1.54, 1.807) is 0 Å². The van der Waals surface area contributed by atoms with E-state index in [0.29, 0.717) is 5.92 Å². The summed E-state index contributed by atoms with van der Waals surface area (Å²) in [6.45, 7) is 4.23. The van der Waals surface area contributed by atoms with Gasteiger partial charge in [-0.05, 0) is 0 Å². The molecular formula is C5H10N3P. The van der Waals surface area contributed by atoms with Gasteiger partial charge in [0.25, 0.3) is 0 Å². The maximum absolute atomic E-state index is 4.16. The smallest absolute Gasteiger partial charge is 0.177 e. The molecule has 0 aliphatic carbocycles. The molecule has 0 N–H and O–H groups in total. The normalized spacial score (nSPS) is 11.6. The minimum Gasteiger partial charge on any atom is -0.249 e. The van der Waals surface area contributed by atoms with Crippen molar-refractivity contribution in [1.29, 1.82) is 0 Å². The first-order valence-corrected chi connectivity index (χ1v) is 3.74. The first kappa shape index (κ1) is 6.69. The molecule has 0 aliphatic rings. The fraction of sp³-hybridized carbons (Fsp3) is 0.800. The molecule has 0 atom stereocenters. The van der Waals surface area contributed by atoms with Gasteiger partial charge >= 0.3 is 0 Å². The van der Waals surface area contributed by atoms with Crippen LogP contribution in [0.25, 0.3) is 0 Å². The standard InChI is InChI=1S/C5H10N3P/c1-4(2)5-6-9-7-8(5)3/h4H,1-3H3. The Balaban J connectivity index is 2.94. The van der Waals surface area contributed by atoms with E-state index in [9.17, 15) is 0 Å². The zero-order valence-corrected chi connectivity index (χ0v) is 6.76. The van der Waals surface area contributed by atoms with Crippen molar-refractivity contribution < 1.29 is 0 Å². The lowest BCUT2D eigenvalue weighted by atomic mass is 10.2. The van der Waals surface area contributed by atoms with Crippen molar-refractivity contribution in [3.8, 4) is 0 Å². The van der Waals surface area contributed by atoms with E-state index in [1.807, 2.05) is 11.7 Å². The maximum Gasteiger partial charge on any atom is 0.177 e. The second-order valence-corrected chi connectivity index (χ2v) is 2.87.